The number of esters is 2. The first-order chi connectivity index (χ1) is 32.0. The number of rotatable bonds is 41. The topological polar surface area (TPSA) is 231 Å². The van der Waals surface area contributed by atoms with Gasteiger partial charge in [-0.05, 0) is 51.4 Å². The Balaban J connectivity index is 1.80. The average molecular weight is 945 g/mol. The Bertz CT molecular complexity index is 1240. The minimum Gasteiger partial charge on any atom is -0.462 e. The van der Waals surface area contributed by atoms with Crippen LogP contribution in [0.1, 0.15) is 193 Å². The van der Waals surface area contributed by atoms with Crippen LogP contribution in [0.4, 0.5) is 0 Å². The Hall–Kier alpha value is -2.02. The Morgan fingerprint density at radius 2 is 0.939 bits per heavy atom. The molecule has 0 amide bonds. The van der Waals surface area contributed by atoms with Crippen molar-refractivity contribution >= 4 is 11.9 Å². The molecule has 0 aromatic rings. The van der Waals surface area contributed by atoms with Crippen molar-refractivity contribution in [2.75, 3.05) is 26.4 Å². The lowest BCUT2D eigenvalue weighted by atomic mass is 9.98. The van der Waals surface area contributed by atoms with Crippen LogP contribution in [0.25, 0.3) is 0 Å². The highest BCUT2D eigenvalue weighted by Crippen LogP contribution is 2.26. The van der Waals surface area contributed by atoms with Crippen LogP contribution in [-0.4, -0.2) is 142 Å². The van der Waals surface area contributed by atoms with E-state index in [-0.39, 0.29) is 26.1 Å². The number of allylic oxidation sites excluding steroid dienone is 3. The minimum absolute atomic E-state index is 0.165. The van der Waals surface area contributed by atoms with Gasteiger partial charge in [-0.15, -0.1) is 6.58 Å². The molecule has 0 aliphatic carbocycles. The van der Waals surface area contributed by atoms with Gasteiger partial charge in [0, 0.05) is 12.8 Å². The van der Waals surface area contributed by atoms with E-state index in [2.05, 4.69) is 25.7 Å². The zero-order chi connectivity index (χ0) is 48.2. The molecule has 386 valence electrons. The Morgan fingerprint density at radius 1 is 0.515 bits per heavy atom. The van der Waals surface area contributed by atoms with E-state index >= 15 is 0 Å². The van der Waals surface area contributed by atoms with Gasteiger partial charge in [-0.3, -0.25) is 9.59 Å². The van der Waals surface area contributed by atoms with Crippen LogP contribution >= 0.6 is 0 Å². The van der Waals surface area contributed by atoms with E-state index in [9.17, 15) is 45.3 Å². The SMILES string of the molecule is C=CCCCCCCCCCCCCCCCC(=O)O[C@H](COC(=O)CCCCCCCCC/C=C/CCCCCC)CO[C@@H]1O[C@H](CO[C@@H]2O[C@H](CO)[C@H](O)C(O)C2O)[C@H](O)C(O)C1O. The van der Waals surface area contributed by atoms with Gasteiger partial charge in [0.25, 0.3) is 0 Å². The van der Waals surface area contributed by atoms with Gasteiger partial charge in [-0.1, -0.05) is 147 Å². The van der Waals surface area contributed by atoms with E-state index in [0.717, 1.165) is 51.4 Å². The summed E-state index contributed by atoms with van der Waals surface area (Å²) in [6.07, 6.45) is 20.9. The summed E-state index contributed by atoms with van der Waals surface area (Å²) in [4.78, 5) is 25.8. The van der Waals surface area contributed by atoms with Crippen LogP contribution < -0.4 is 0 Å². The fourth-order valence-electron chi connectivity index (χ4n) is 8.25. The highest BCUT2D eigenvalue weighted by Gasteiger charge is 2.47. The molecule has 0 spiro atoms. The van der Waals surface area contributed by atoms with Gasteiger partial charge in [-0.2, -0.15) is 0 Å². The van der Waals surface area contributed by atoms with E-state index < -0.39 is 92.7 Å². The molecule has 66 heavy (non-hydrogen) atoms. The Morgan fingerprint density at radius 3 is 1.44 bits per heavy atom. The van der Waals surface area contributed by atoms with Crippen LogP contribution in [0, 0.1) is 0 Å². The first-order valence-electron chi connectivity index (χ1n) is 25.9. The molecule has 0 radical (unpaired) electrons. The molecule has 2 aliphatic rings. The summed E-state index contributed by atoms with van der Waals surface area (Å²) < 4.78 is 33.6. The van der Waals surface area contributed by atoms with E-state index in [0.29, 0.717) is 12.8 Å². The lowest BCUT2D eigenvalue weighted by Crippen LogP contribution is -2.61. The largest absolute Gasteiger partial charge is 0.462 e. The summed E-state index contributed by atoms with van der Waals surface area (Å²) in [5.74, 6) is -0.927. The van der Waals surface area contributed by atoms with Gasteiger partial charge in [0.2, 0.25) is 0 Å². The maximum absolute atomic E-state index is 13.0. The molecule has 15 nitrogen and oxygen atoms in total. The second-order valence-electron chi connectivity index (χ2n) is 18.4. The van der Waals surface area contributed by atoms with Crippen molar-refractivity contribution in [1.82, 2.24) is 0 Å². The highest BCUT2D eigenvalue weighted by molar-refractivity contribution is 5.70. The molecule has 2 heterocycles. The fraction of sp³-hybridized carbons (Fsp3) is 0.882. The smallest absolute Gasteiger partial charge is 0.306 e. The Labute approximate surface area is 396 Å². The lowest BCUT2D eigenvalue weighted by Gasteiger charge is -2.42. The summed E-state index contributed by atoms with van der Waals surface area (Å²) in [5, 5.41) is 72.1. The molecule has 0 aromatic carbocycles. The molecule has 15 heteroatoms. The predicted molar refractivity (Wildman–Crippen MR) is 252 cm³/mol. The lowest BCUT2D eigenvalue weighted by molar-refractivity contribution is -0.332. The zero-order valence-electron chi connectivity index (χ0n) is 40.5. The number of aliphatic hydroxyl groups excluding tert-OH is 7. The quantitative estimate of drug-likeness (QED) is 0.0183. The van der Waals surface area contributed by atoms with Gasteiger partial charge in [0.15, 0.2) is 18.7 Å². The molecule has 7 N–H and O–H groups in total. The molecule has 2 aliphatic heterocycles. The third-order valence-electron chi connectivity index (χ3n) is 12.5. The van der Waals surface area contributed by atoms with Crippen molar-refractivity contribution in [1.29, 1.82) is 0 Å². The summed E-state index contributed by atoms with van der Waals surface area (Å²) in [6, 6.07) is 0. The van der Waals surface area contributed by atoms with Crippen LogP contribution in [0.5, 0.6) is 0 Å². The maximum Gasteiger partial charge on any atom is 0.306 e. The van der Waals surface area contributed by atoms with Gasteiger partial charge in [0.1, 0.15) is 55.4 Å². The first kappa shape index (κ1) is 60.1. The highest BCUT2D eigenvalue weighted by atomic mass is 16.7. The predicted octanol–water partition coefficient (Wildman–Crippen LogP) is 7.16. The second-order valence-corrected chi connectivity index (χ2v) is 18.4. The van der Waals surface area contributed by atoms with E-state index in [4.69, 9.17) is 28.4 Å². The molecule has 2 rings (SSSR count). The first-order valence-corrected chi connectivity index (χ1v) is 25.9. The van der Waals surface area contributed by atoms with E-state index in [1.54, 1.807) is 0 Å². The Kier molecular flexibility index (Phi) is 35.3. The van der Waals surface area contributed by atoms with Crippen molar-refractivity contribution in [2.45, 2.75) is 261 Å². The second kappa shape index (κ2) is 38.8. The standard InChI is InChI=1S/C51H92O15/c1-3-5-7-9-11-13-15-17-19-21-23-25-27-29-31-33-42(53)61-36-39(64-43(54)34-32-30-28-26-24-22-20-18-16-14-12-10-8-6-4-2)37-62-50-49(60)47(58)45(56)41(66-50)38-63-51-48(59)46(57)44(55)40(35-52)65-51/h4,13,15,39-41,44-52,55-60H,2-3,5-12,14,16-38H2,1H3/b15-13+/t39-,40-,41-,44+,45+,46?,47?,48?,49?,50-,51-/m1/s1. The van der Waals surface area contributed by atoms with Gasteiger partial charge < -0.3 is 64.2 Å². The molecular weight excluding hydrogens is 853 g/mol. The molecule has 11 atom stereocenters. The fourth-order valence-corrected chi connectivity index (χ4v) is 8.25. The summed E-state index contributed by atoms with van der Waals surface area (Å²) in [5.41, 5.74) is 0. The number of carbonyl (C=O) groups excluding carboxylic acids is 2. The summed E-state index contributed by atoms with van der Waals surface area (Å²) in [6.45, 7) is 4.12. The molecule has 0 saturated carbocycles. The van der Waals surface area contributed by atoms with Crippen molar-refractivity contribution in [2.24, 2.45) is 0 Å². The number of ether oxygens (including phenoxy) is 6. The zero-order valence-corrected chi connectivity index (χ0v) is 40.5. The normalized spacial score (nSPS) is 26.1. The number of aliphatic hydroxyl groups is 7. The van der Waals surface area contributed by atoms with Gasteiger partial charge in [0.05, 0.1) is 19.8 Å². The van der Waals surface area contributed by atoms with Gasteiger partial charge in [-0.25, -0.2) is 0 Å². The van der Waals surface area contributed by atoms with E-state index in [1.807, 2.05) is 6.08 Å². The van der Waals surface area contributed by atoms with E-state index in [1.165, 1.54) is 109 Å². The monoisotopic (exact) mass is 945 g/mol. The van der Waals surface area contributed by atoms with Crippen molar-refractivity contribution in [3.05, 3.63) is 24.8 Å². The molecule has 2 saturated heterocycles. The third-order valence-corrected chi connectivity index (χ3v) is 12.5. The van der Waals surface area contributed by atoms with Crippen molar-refractivity contribution in [3.8, 4) is 0 Å². The molecule has 4 unspecified atom stereocenters. The molecule has 2 fully saturated rings. The number of carbonyl (C=O) groups is 2. The van der Waals surface area contributed by atoms with Crippen LogP contribution in [-0.2, 0) is 38.0 Å². The number of hydrogen-bond donors (Lipinski definition) is 7. The van der Waals surface area contributed by atoms with Crippen LogP contribution in [0.15, 0.2) is 24.8 Å². The number of hydrogen-bond acceptors (Lipinski definition) is 15. The van der Waals surface area contributed by atoms with Crippen molar-refractivity contribution < 1.29 is 73.8 Å². The van der Waals surface area contributed by atoms with Crippen molar-refractivity contribution in [3.63, 3.8) is 0 Å². The van der Waals surface area contributed by atoms with Gasteiger partial charge >= 0.3 is 11.9 Å². The van der Waals surface area contributed by atoms with Crippen LogP contribution in [0.3, 0.4) is 0 Å². The molecular formula is C51H92O15. The number of unbranched alkanes of at least 4 members (excludes halogenated alkanes) is 24. The minimum atomic E-state index is -1.76. The molecule has 0 aromatic heterocycles. The van der Waals surface area contributed by atoms with Crippen LogP contribution in [0.2, 0.25) is 0 Å². The average Bonchev–Trinajstić information content (AvgIpc) is 3.31. The summed E-state index contributed by atoms with van der Waals surface area (Å²) in [7, 11) is 0. The molecule has 0 bridgehead atoms. The summed E-state index contributed by atoms with van der Waals surface area (Å²) >= 11 is 0. The maximum atomic E-state index is 13.0. The third kappa shape index (κ3) is 26.7.